The van der Waals surface area contributed by atoms with Crippen molar-refractivity contribution in [2.75, 3.05) is 60.9 Å². The van der Waals surface area contributed by atoms with Crippen LogP contribution in [0.3, 0.4) is 0 Å². The molecule has 0 aromatic heterocycles. The topological polar surface area (TPSA) is 305 Å². The second-order valence-electron chi connectivity index (χ2n) is 7.34. The van der Waals surface area contributed by atoms with Gasteiger partial charge >= 0.3 is 35.8 Å². The van der Waals surface area contributed by atoms with Crippen molar-refractivity contribution >= 4 is 112 Å². The maximum Gasteiger partial charge on any atom is 0.304 e. The zero-order valence-corrected chi connectivity index (χ0v) is 29.8. The van der Waals surface area contributed by atoms with Crippen LogP contribution in [0, 0.1) is 5.41 Å². The number of carboxylic acid groups (broad SMARTS) is 6. The van der Waals surface area contributed by atoms with Crippen molar-refractivity contribution < 1.29 is 79.8 Å². The van der Waals surface area contributed by atoms with E-state index in [1.54, 1.807) is 0 Å². The van der Waals surface area contributed by atoms with Crippen LogP contribution in [-0.4, -0.2) is 148 Å². The van der Waals surface area contributed by atoms with E-state index in [0.29, 0.717) is 34.5 Å². The number of aliphatic hydroxyl groups is 4. The summed E-state index contributed by atoms with van der Waals surface area (Å²) in [5, 5.41) is 81.2. The maximum atomic E-state index is 9.55. The summed E-state index contributed by atoms with van der Waals surface area (Å²) in [5.41, 5.74) is -1.11. The summed E-state index contributed by atoms with van der Waals surface area (Å²) >= 11 is 22.1. The molecular formula is C23H48O16S6. The number of hydrogen-bond acceptors (Lipinski definition) is 16. The summed E-state index contributed by atoms with van der Waals surface area (Å²) in [6.07, 6.45) is 0.935. The van der Waals surface area contributed by atoms with Gasteiger partial charge in [-0.15, -0.1) is 0 Å². The fourth-order valence-corrected chi connectivity index (χ4v) is 2.02. The first-order valence-corrected chi connectivity index (χ1v) is 16.1. The van der Waals surface area contributed by atoms with Gasteiger partial charge in [-0.05, 0) is 0 Å². The van der Waals surface area contributed by atoms with E-state index < -0.39 is 67.7 Å². The fraction of sp³-hybridized carbons (Fsp3) is 0.739. The summed E-state index contributed by atoms with van der Waals surface area (Å²) in [5.74, 6) is -2.17. The van der Waals surface area contributed by atoms with E-state index in [4.69, 9.17) is 51.1 Å². The van der Waals surface area contributed by atoms with Gasteiger partial charge in [0.05, 0.1) is 70.4 Å². The van der Waals surface area contributed by atoms with Crippen molar-refractivity contribution in [3.05, 3.63) is 0 Å². The van der Waals surface area contributed by atoms with Gasteiger partial charge in [-0.1, -0.05) is 0 Å². The Bertz CT molecular complexity index is 572. The molecular weight excluding hydrogens is 725 g/mol. The summed E-state index contributed by atoms with van der Waals surface area (Å²) in [4.78, 5) is 57.3. The lowest BCUT2D eigenvalue weighted by molar-refractivity contribution is -0.137. The largest absolute Gasteiger partial charge is 0.481 e. The summed E-state index contributed by atoms with van der Waals surface area (Å²) in [6.45, 7) is -1.62. The molecule has 45 heavy (non-hydrogen) atoms. The van der Waals surface area contributed by atoms with Crippen LogP contribution in [0.4, 0.5) is 0 Å². The zero-order chi connectivity index (χ0) is 37.3. The van der Waals surface area contributed by atoms with E-state index in [1.165, 1.54) is 0 Å². The quantitative estimate of drug-likeness (QED) is 0.0938. The minimum Gasteiger partial charge on any atom is -0.481 e. The molecule has 0 aromatic rings. The maximum absolute atomic E-state index is 9.55. The number of carboxylic acids is 6. The first-order valence-electron chi connectivity index (χ1n) is 12.3. The highest BCUT2D eigenvalue weighted by molar-refractivity contribution is 7.81. The molecule has 0 fully saturated rings. The summed E-state index contributed by atoms with van der Waals surface area (Å²) in [6, 6.07) is 0. The molecule has 0 aliphatic carbocycles. The van der Waals surface area contributed by atoms with Crippen LogP contribution >= 0.6 is 75.8 Å². The molecule has 0 saturated carbocycles. The van der Waals surface area contributed by atoms with Crippen molar-refractivity contribution in [1.82, 2.24) is 0 Å². The lowest BCUT2D eigenvalue weighted by Gasteiger charge is -2.23. The van der Waals surface area contributed by atoms with E-state index in [-0.39, 0.29) is 38.5 Å². The Morgan fingerprint density at radius 1 is 0.333 bits per heavy atom. The van der Waals surface area contributed by atoms with Gasteiger partial charge in [-0.2, -0.15) is 75.8 Å². The highest BCUT2D eigenvalue weighted by Crippen LogP contribution is 2.11. The van der Waals surface area contributed by atoms with Crippen LogP contribution in [0.15, 0.2) is 0 Å². The summed E-state index contributed by atoms with van der Waals surface area (Å²) < 4.78 is 0. The molecule has 272 valence electrons. The normalized spacial score (nSPS) is 8.93. The zero-order valence-electron chi connectivity index (χ0n) is 24.4. The molecule has 0 rings (SSSR count). The van der Waals surface area contributed by atoms with Crippen molar-refractivity contribution in [2.45, 2.75) is 38.5 Å². The molecule has 0 unspecified atom stereocenters. The summed E-state index contributed by atoms with van der Waals surface area (Å²) in [7, 11) is 0. The van der Waals surface area contributed by atoms with E-state index in [1.807, 2.05) is 0 Å². The average molecular weight is 773 g/mol. The minimum atomic E-state index is -1.11. The molecule has 0 atom stereocenters. The Labute approximate surface area is 295 Å². The van der Waals surface area contributed by atoms with Crippen LogP contribution in [-0.2, 0) is 28.8 Å². The highest BCUT2D eigenvalue weighted by atomic mass is 32.1. The lowest BCUT2D eigenvalue weighted by atomic mass is 9.93. The van der Waals surface area contributed by atoms with Crippen LogP contribution in [0.2, 0.25) is 0 Å². The molecule has 0 bridgehead atoms. The molecule has 0 amide bonds. The Balaban J connectivity index is -0.0000000754. The van der Waals surface area contributed by atoms with Gasteiger partial charge < -0.3 is 51.1 Å². The smallest absolute Gasteiger partial charge is 0.304 e. The van der Waals surface area contributed by atoms with Crippen LogP contribution in [0.5, 0.6) is 0 Å². The number of hydrogen-bond donors (Lipinski definition) is 16. The van der Waals surface area contributed by atoms with E-state index in [0.717, 1.165) is 0 Å². The monoisotopic (exact) mass is 772 g/mol. The first kappa shape index (κ1) is 59.2. The molecule has 0 radical (unpaired) electrons. The minimum absolute atomic E-state index is 0.156. The molecule has 0 aliphatic heterocycles. The van der Waals surface area contributed by atoms with Gasteiger partial charge in [-0.3, -0.25) is 28.8 Å². The number of carbonyl (C=O) groups is 6. The van der Waals surface area contributed by atoms with Gasteiger partial charge in [0.25, 0.3) is 0 Å². The molecule has 0 aromatic carbocycles. The molecule has 0 spiro atoms. The van der Waals surface area contributed by atoms with Crippen molar-refractivity contribution in [1.29, 1.82) is 0 Å². The third kappa shape index (κ3) is 85.9. The standard InChI is InChI=1S/C5H12O4.6C3H6O2S/c6-1-5(2-7,3-8)4-9;6*4-3(5)1-2-6/h6-9H,1-4H2;6*6H,1-2H2,(H,4,5). The number of aliphatic hydroxyl groups excluding tert-OH is 4. The third-order valence-corrected chi connectivity index (χ3v) is 4.64. The molecule has 0 saturated heterocycles. The van der Waals surface area contributed by atoms with E-state index >= 15 is 0 Å². The number of rotatable bonds is 16. The van der Waals surface area contributed by atoms with Crippen LogP contribution < -0.4 is 0 Å². The van der Waals surface area contributed by atoms with Crippen molar-refractivity contribution in [2.24, 2.45) is 5.41 Å². The van der Waals surface area contributed by atoms with Gasteiger partial charge in [0.15, 0.2) is 0 Å². The Kier molecular flexibility index (Phi) is 65.3. The number of aliphatic carboxylic acids is 6. The van der Waals surface area contributed by atoms with Gasteiger partial charge in [0.2, 0.25) is 0 Å². The molecule has 10 N–H and O–H groups in total. The molecule has 16 nitrogen and oxygen atoms in total. The van der Waals surface area contributed by atoms with Crippen molar-refractivity contribution in [3.63, 3.8) is 0 Å². The third-order valence-electron chi connectivity index (χ3n) is 3.30. The predicted molar refractivity (Wildman–Crippen MR) is 187 cm³/mol. The lowest BCUT2D eigenvalue weighted by Crippen LogP contribution is -2.37. The second kappa shape index (κ2) is 49.6. The van der Waals surface area contributed by atoms with Crippen LogP contribution in [0.25, 0.3) is 0 Å². The Hall–Kier alpha value is -1.24. The highest BCUT2D eigenvalue weighted by Gasteiger charge is 2.26. The van der Waals surface area contributed by atoms with Crippen LogP contribution in [0.1, 0.15) is 38.5 Å². The van der Waals surface area contributed by atoms with Gasteiger partial charge in [0, 0.05) is 34.5 Å². The first-order chi connectivity index (χ1) is 20.9. The molecule has 0 heterocycles. The predicted octanol–water partition coefficient (Wildman–Crippen LogP) is 0.287. The second-order valence-corrected chi connectivity index (χ2v) is 10.0. The van der Waals surface area contributed by atoms with Crippen molar-refractivity contribution in [3.8, 4) is 0 Å². The average Bonchev–Trinajstić information content (AvgIpc) is 2.92. The van der Waals surface area contributed by atoms with E-state index in [2.05, 4.69) is 75.8 Å². The Morgan fingerprint density at radius 2 is 0.444 bits per heavy atom. The molecule has 22 heteroatoms. The Morgan fingerprint density at radius 3 is 0.444 bits per heavy atom. The van der Waals surface area contributed by atoms with Gasteiger partial charge in [0.1, 0.15) is 0 Å². The number of thiol groups is 6. The van der Waals surface area contributed by atoms with Gasteiger partial charge in [-0.25, -0.2) is 0 Å². The molecule has 0 aliphatic rings. The SMILES string of the molecule is O=C(O)CCS.O=C(O)CCS.O=C(O)CCS.O=C(O)CCS.O=C(O)CCS.O=C(O)CCS.OCC(CO)(CO)CO. The fourth-order valence-electron chi connectivity index (χ4n) is 0.874. The van der Waals surface area contributed by atoms with E-state index in [9.17, 15) is 28.8 Å².